The van der Waals surface area contributed by atoms with Crippen LogP contribution in [0, 0.1) is 0 Å². The predicted octanol–water partition coefficient (Wildman–Crippen LogP) is 3.42. The van der Waals surface area contributed by atoms with E-state index in [1.807, 2.05) is 0 Å². The highest BCUT2D eigenvalue weighted by molar-refractivity contribution is 7.80. The van der Waals surface area contributed by atoms with Gasteiger partial charge in [0.15, 0.2) is 5.05 Å². The van der Waals surface area contributed by atoms with Crippen molar-refractivity contribution in [3.8, 4) is 0 Å². The Bertz CT molecular complexity index is 343. The van der Waals surface area contributed by atoms with Crippen LogP contribution < -0.4 is 0 Å². The average molecular weight is 234 g/mol. The molecule has 0 aliphatic rings. The van der Waals surface area contributed by atoms with E-state index in [1.54, 1.807) is 6.92 Å². The monoisotopic (exact) mass is 234 g/mol. The minimum Gasteiger partial charge on any atom is -0.483 e. The minimum atomic E-state index is -4.31. The van der Waals surface area contributed by atoms with Gasteiger partial charge in [-0.1, -0.05) is 0 Å². The second-order valence-corrected chi connectivity index (χ2v) is 3.17. The normalized spacial score (nSPS) is 11.2. The van der Waals surface area contributed by atoms with Gasteiger partial charge in [0, 0.05) is 5.56 Å². The molecule has 82 valence electrons. The molecule has 0 radical (unpaired) electrons. The Labute approximate surface area is 90.9 Å². The number of hydrogen-bond donors (Lipinski definition) is 0. The Morgan fingerprint density at radius 2 is 1.80 bits per heavy atom. The lowest BCUT2D eigenvalue weighted by Crippen LogP contribution is -2.07. The largest absolute Gasteiger partial charge is 0.483 e. The molecule has 1 nitrogen and oxygen atoms in total. The average Bonchev–Trinajstić information content (AvgIpc) is 2.17. The van der Waals surface area contributed by atoms with E-state index in [9.17, 15) is 13.2 Å². The van der Waals surface area contributed by atoms with Crippen molar-refractivity contribution < 1.29 is 17.9 Å². The maximum absolute atomic E-state index is 12.2. The molecule has 0 saturated heterocycles. The number of benzene rings is 1. The zero-order valence-electron chi connectivity index (χ0n) is 7.97. The molecule has 1 aromatic carbocycles. The van der Waals surface area contributed by atoms with Gasteiger partial charge in [0.05, 0.1) is 12.2 Å². The molecule has 0 atom stereocenters. The molecule has 5 heteroatoms. The summed E-state index contributed by atoms with van der Waals surface area (Å²) in [4.78, 5) is 0. The van der Waals surface area contributed by atoms with Crippen LogP contribution in [-0.4, -0.2) is 11.7 Å². The molecular formula is C10H9F3OS. The summed E-state index contributed by atoms with van der Waals surface area (Å²) in [6, 6.07) is 4.59. The molecule has 0 aliphatic heterocycles. The standard InChI is InChI=1S/C10H9F3OS/c1-2-14-9(15)7-3-5-8(6-4-7)10(11,12)13/h3-6H,2H2,1H3. The van der Waals surface area contributed by atoms with Crippen LogP contribution >= 0.6 is 12.2 Å². The van der Waals surface area contributed by atoms with Gasteiger partial charge in [-0.3, -0.25) is 0 Å². The molecule has 1 aromatic rings. The summed E-state index contributed by atoms with van der Waals surface area (Å²) in [5.74, 6) is 0. The molecule has 0 aromatic heterocycles. The summed E-state index contributed by atoms with van der Waals surface area (Å²) in [6.07, 6.45) is -4.31. The number of halogens is 3. The fourth-order valence-electron chi connectivity index (χ4n) is 1.01. The van der Waals surface area contributed by atoms with Crippen LogP contribution in [0.4, 0.5) is 13.2 Å². The van der Waals surface area contributed by atoms with Gasteiger partial charge < -0.3 is 4.74 Å². The van der Waals surface area contributed by atoms with Crippen molar-refractivity contribution >= 4 is 17.3 Å². The lowest BCUT2D eigenvalue weighted by Gasteiger charge is -2.08. The van der Waals surface area contributed by atoms with Crippen molar-refractivity contribution in [3.63, 3.8) is 0 Å². The maximum Gasteiger partial charge on any atom is 0.416 e. The van der Waals surface area contributed by atoms with Gasteiger partial charge in [-0.05, 0) is 43.4 Å². The Morgan fingerprint density at radius 3 is 2.20 bits per heavy atom. The zero-order chi connectivity index (χ0) is 11.5. The molecule has 0 N–H and O–H groups in total. The molecule has 0 saturated carbocycles. The quantitative estimate of drug-likeness (QED) is 0.725. The van der Waals surface area contributed by atoms with Crippen molar-refractivity contribution in [1.82, 2.24) is 0 Å². The number of ether oxygens (including phenoxy) is 1. The molecule has 0 aliphatic carbocycles. The maximum atomic E-state index is 12.2. The summed E-state index contributed by atoms with van der Waals surface area (Å²) in [6.45, 7) is 2.16. The van der Waals surface area contributed by atoms with Crippen molar-refractivity contribution in [3.05, 3.63) is 35.4 Å². The third-order valence-corrected chi connectivity index (χ3v) is 2.08. The first-order chi connectivity index (χ1) is 6.95. The zero-order valence-corrected chi connectivity index (χ0v) is 8.78. The van der Waals surface area contributed by atoms with E-state index < -0.39 is 11.7 Å². The first kappa shape index (κ1) is 12.0. The minimum absolute atomic E-state index is 0.214. The molecule has 0 bridgehead atoms. The highest BCUT2D eigenvalue weighted by Gasteiger charge is 2.30. The van der Waals surface area contributed by atoms with E-state index in [-0.39, 0.29) is 5.05 Å². The molecule has 0 spiro atoms. The number of alkyl halides is 3. The lowest BCUT2D eigenvalue weighted by atomic mass is 10.1. The Hall–Kier alpha value is -1.10. The third-order valence-electron chi connectivity index (χ3n) is 1.72. The first-order valence-corrected chi connectivity index (χ1v) is 4.70. The number of hydrogen-bond acceptors (Lipinski definition) is 2. The van der Waals surface area contributed by atoms with Gasteiger partial charge >= 0.3 is 6.18 Å². The summed E-state index contributed by atoms with van der Waals surface area (Å²) in [7, 11) is 0. The fraction of sp³-hybridized carbons (Fsp3) is 0.300. The lowest BCUT2D eigenvalue weighted by molar-refractivity contribution is -0.137. The van der Waals surface area contributed by atoms with Crippen LogP contribution in [0.5, 0.6) is 0 Å². The van der Waals surface area contributed by atoms with E-state index in [0.29, 0.717) is 12.2 Å². The summed E-state index contributed by atoms with van der Waals surface area (Å²) < 4.78 is 41.6. The van der Waals surface area contributed by atoms with Crippen molar-refractivity contribution in [1.29, 1.82) is 0 Å². The van der Waals surface area contributed by atoms with E-state index in [1.165, 1.54) is 12.1 Å². The van der Waals surface area contributed by atoms with E-state index in [2.05, 4.69) is 0 Å². The second kappa shape index (κ2) is 4.61. The second-order valence-electron chi connectivity index (χ2n) is 2.80. The van der Waals surface area contributed by atoms with Crippen LogP contribution in [0.1, 0.15) is 18.1 Å². The third kappa shape index (κ3) is 3.20. The molecule has 15 heavy (non-hydrogen) atoms. The topological polar surface area (TPSA) is 9.23 Å². The summed E-state index contributed by atoms with van der Waals surface area (Å²) >= 11 is 4.85. The van der Waals surface area contributed by atoms with E-state index in [4.69, 9.17) is 17.0 Å². The SMILES string of the molecule is CCOC(=S)c1ccc(C(F)(F)F)cc1. The van der Waals surface area contributed by atoms with Crippen LogP contribution in [-0.2, 0) is 10.9 Å². The smallest absolute Gasteiger partial charge is 0.416 e. The fourth-order valence-corrected chi connectivity index (χ4v) is 1.26. The van der Waals surface area contributed by atoms with Gasteiger partial charge in [0.2, 0.25) is 0 Å². The van der Waals surface area contributed by atoms with Crippen molar-refractivity contribution in [2.24, 2.45) is 0 Å². The number of rotatable bonds is 2. The molecular weight excluding hydrogens is 225 g/mol. The molecule has 0 unspecified atom stereocenters. The summed E-state index contributed by atoms with van der Waals surface area (Å²) in [5, 5.41) is 0.214. The van der Waals surface area contributed by atoms with Gasteiger partial charge in [-0.2, -0.15) is 13.2 Å². The van der Waals surface area contributed by atoms with Gasteiger partial charge in [0.25, 0.3) is 0 Å². The van der Waals surface area contributed by atoms with Crippen molar-refractivity contribution in [2.45, 2.75) is 13.1 Å². The molecule has 0 heterocycles. The van der Waals surface area contributed by atoms with E-state index >= 15 is 0 Å². The van der Waals surface area contributed by atoms with Crippen LogP contribution in [0.15, 0.2) is 24.3 Å². The Kier molecular flexibility index (Phi) is 3.68. The first-order valence-electron chi connectivity index (χ1n) is 4.29. The molecule has 0 fully saturated rings. The Morgan fingerprint density at radius 1 is 1.27 bits per heavy atom. The highest BCUT2D eigenvalue weighted by atomic mass is 32.1. The van der Waals surface area contributed by atoms with Crippen molar-refractivity contribution in [2.75, 3.05) is 6.61 Å². The van der Waals surface area contributed by atoms with Gasteiger partial charge in [0.1, 0.15) is 0 Å². The van der Waals surface area contributed by atoms with E-state index in [0.717, 1.165) is 12.1 Å². The highest BCUT2D eigenvalue weighted by Crippen LogP contribution is 2.29. The summed E-state index contributed by atoms with van der Waals surface area (Å²) in [5.41, 5.74) is -0.203. The molecule has 0 amide bonds. The number of thiocarbonyl (C=S) groups is 1. The Balaban J connectivity index is 2.86. The van der Waals surface area contributed by atoms with Crippen LogP contribution in [0.2, 0.25) is 0 Å². The van der Waals surface area contributed by atoms with Crippen LogP contribution in [0.3, 0.4) is 0 Å². The predicted molar refractivity (Wildman–Crippen MR) is 54.8 cm³/mol. The van der Waals surface area contributed by atoms with Crippen LogP contribution in [0.25, 0.3) is 0 Å². The van der Waals surface area contributed by atoms with Gasteiger partial charge in [-0.25, -0.2) is 0 Å². The van der Waals surface area contributed by atoms with Gasteiger partial charge in [-0.15, -0.1) is 0 Å². The molecule has 1 rings (SSSR count).